The maximum absolute atomic E-state index is 13.4. The van der Waals surface area contributed by atoms with Crippen LogP contribution < -0.4 is 14.2 Å². The average molecular weight is 563 g/mol. The van der Waals surface area contributed by atoms with E-state index in [9.17, 15) is 14.7 Å². The number of amides is 1. The van der Waals surface area contributed by atoms with Gasteiger partial charge >= 0.3 is 0 Å². The van der Waals surface area contributed by atoms with Crippen LogP contribution in [-0.2, 0) is 16.1 Å². The molecule has 1 amide bonds. The largest absolute Gasteiger partial charge is 0.507 e. The lowest BCUT2D eigenvalue weighted by molar-refractivity contribution is -0.140. The lowest BCUT2D eigenvalue weighted by Crippen LogP contribution is -2.29. The van der Waals surface area contributed by atoms with E-state index in [2.05, 4.69) is 0 Å². The van der Waals surface area contributed by atoms with Gasteiger partial charge in [-0.1, -0.05) is 59.1 Å². The van der Waals surface area contributed by atoms with Gasteiger partial charge in [-0.3, -0.25) is 9.59 Å². The number of halogens is 3. The van der Waals surface area contributed by atoms with Gasteiger partial charge in [0.15, 0.2) is 11.5 Å². The quantitative estimate of drug-likeness (QED) is 0.207. The number of methoxy groups -OCH3 is 3. The zero-order valence-corrected chi connectivity index (χ0v) is 22.3. The number of Topliss-reactive ketones (excluding diaryl/α,β-unsaturated/α-hetero) is 1. The number of hydrogen-bond acceptors (Lipinski definition) is 6. The average Bonchev–Trinajstić information content (AvgIpc) is 3.14. The molecule has 4 rings (SSSR count). The Labute approximate surface area is 228 Å². The molecule has 1 heterocycles. The minimum Gasteiger partial charge on any atom is -0.507 e. The summed E-state index contributed by atoms with van der Waals surface area (Å²) in [5.41, 5.74) is 1.23. The molecule has 0 aromatic heterocycles. The number of benzene rings is 3. The van der Waals surface area contributed by atoms with Gasteiger partial charge in [-0.25, -0.2) is 0 Å². The third kappa shape index (κ3) is 4.94. The molecule has 0 radical (unpaired) electrons. The molecule has 1 aliphatic rings. The number of rotatable bonds is 7. The fourth-order valence-corrected chi connectivity index (χ4v) is 5.07. The van der Waals surface area contributed by atoms with Crippen molar-refractivity contribution in [1.82, 2.24) is 4.90 Å². The van der Waals surface area contributed by atoms with E-state index >= 15 is 0 Å². The first-order valence-corrected chi connectivity index (χ1v) is 12.1. The predicted molar refractivity (Wildman–Crippen MR) is 142 cm³/mol. The maximum Gasteiger partial charge on any atom is 0.295 e. The highest BCUT2D eigenvalue weighted by molar-refractivity contribution is 6.47. The van der Waals surface area contributed by atoms with Gasteiger partial charge < -0.3 is 24.2 Å². The van der Waals surface area contributed by atoms with Gasteiger partial charge in [0.2, 0.25) is 0 Å². The Morgan fingerprint density at radius 1 is 0.892 bits per heavy atom. The number of aliphatic hydroxyl groups excluding tert-OH is 1. The Hall–Kier alpha value is -3.39. The van der Waals surface area contributed by atoms with Crippen LogP contribution in [0.15, 0.2) is 60.2 Å². The van der Waals surface area contributed by atoms with Crippen LogP contribution in [0.1, 0.15) is 22.7 Å². The SMILES string of the molecule is COc1ccc(CN2C(=O)C(=O)/C(=C(/O)c3cc(Cl)c(OC)c(Cl)c3OC)C2c2ccc(Cl)cc2)cc1. The van der Waals surface area contributed by atoms with Gasteiger partial charge in [0, 0.05) is 11.6 Å². The Morgan fingerprint density at radius 3 is 2.08 bits per heavy atom. The van der Waals surface area contributed by atoms with E-state index in [1.54, 1.807) is 55.6 Å². The van der Waals surface area contributed by atoms with Crippen LogP contribution in [0.3, 0.4) is 0 Å². The van der Waals surface area contributed by atoms with Gasteiger partial charge in [-0.15, -0.1) is 0 Å². The van der Waals surface area contributed by atoms with Gasteiger partial charge in [-0.2, -0.15) is 0 Å². The standard InChI is InChI=1S/C27H22Cl3NO6/c1-35-17-10-4-14(5-11-17)13-31-22(15-6-8-16(28)9-7-15)20(24(33)27(31)34)23(32)18-12-19(29)26(37-3)21(30)25(18)36-2/h4-12,22,32H,13H2,1-3H3/b23-20+. The first-order valence-electron chi connectivity index (χ1n) is 11.0. The van der Waals surface area contributed by atoms with Crippen molar-refractivity contribution in [2.75, 3.05) is 21.3 Å². The van der Waals surface area contributed by atoms with Crippen LogP contribution in [0, 0.1) is 0 Å². The first-order chi connectivity index (χ1) is 17.7. The molecule has 0 aliphatic carbocycles. The molecule has 1 atom stereocenters. The Kier molecular flexibility index (Phi) is 7.87. The highest BCUT2D eigenvalue weighted by atomic mass is 35.5. The van der Waals surface area contributed by atoms with Crippen molar-refractivity contribution in [2.24, 2.45) is 0 Å². The normalized spacial score (nSPS) is 16.7. The van der Waals surface area contributed by atoms with Gasteiger partial charge in [-0.05, 0) is 41.5 Å². The second-order valence-corrected chi connectivity index (χ2v) is 9.33. The van der Waals surface area contributed by atoms with Crippen molar-refractivity contribution in [3.8, 4) is 17.2 Å². The Balaban J connectivity index is 1.91. The molecule has 0 saturated carbocycles. The van der Waals surface area contributed by atoms with Crippen molar-refractivity contribution in [3.63, 3.8) is 0 Å². The van der Waals surface area contributed by atoms with E-state index in [0.717, 1.165) is 5.56 Å². The number of ether oxygens (including phenoxy) is 3. The summed E-state index contributed by atoms with van der Waals surface area (Å²) < 4.78 is 15.8. The van der Waals surface area contributed by atoms with E-state index in [1.165, 1.54) is 25.2 Å². The number of ketones is 1. The summed E-state index contributed by atoms with van der Waals surface area (Å²) in [6.07, 6.45) is 0. The molecule has 1 aliphatic heterocycles. The Bertz CT molecular complexity index is 1390. The topological polar surface area (TPSA) is 85.3 Å². The molecule has 1 N–H and O–H groups in total. The third-order valence-corrected chi connectivity index (χ3v) is 6.91. The van der Waals surface area contributed by atoms with Crippen molar-refractivity contribution >= 4 is 52.3 Å². The van der Waals surface area contributed by atoms with E-state index in [-0.39, 0.29) is 39.2 Å². The summed E-state index contributed by atoms with van der Waals surface area (Å²) in [4.78, 5) is 28.1. The fourth-order valence-electron chi connectivity index (χ4n) is 4.25. The highest BCUT2D eigenvalue weighted by Crippen LogP contribution is 2.47. The molecular weight excluding hydrogens is 541 g/mol. The summed E-state index contributed by atoms with van der Waals surface area (Å²) in [5.74, 6) is -1.29. The van der Waals surface area contributed by atoms with Crippen LogP contribution in [-0.4, -0.2) is 43.0 Å². The molecule has 192 valence electrons. The lowest BCUT2D eigenvalue weighted by Gasteiger charge is -2.26. The second-order valence-electron chi connectivity index (χ2n) is 8.11. The van der Waals surface area contributed by atoms with E-state index in [4.69, 9.17) is 49.0 Å². The second kappa shape index (κ2) is 10.9. The highest BCUT2D eigenvalue weighted by Gasteiger charge is 2.46. The number of nitrogens with zero attached hydrogens (tertiary/aromatic N) is 1. The van der Waals surface area contributed by atoms with Gasteiger partial charge in [0.05, 0.1) is 43.5 Å². The molecular formula is C27H22Cl3NO6. The van der Waals surface area contributed by atoms with E-state index < -0.39 is 23.5 Å². The number of hydrogen-bond donors (Lipinski definition) is 1. The number of likely N-dealkylation sites (tertiary alicyclic amines) is 1. The third-order valence-electron chi connectivity index (χ3n) is 6.03. The van der Waals surface area contributed by atoms with Gasteiger partial charge in [0.1, 0.15) is 16.5 Å². The summed E-state index contributed by atoms with van der Waals surface area (Å²) in [6, 6.07) is 14.2. The van der Waals surface area contributed by atoms with Crippen molar-refractivity contribution in [1.29, 1.82) is 0 Å². The molecule has 1 unspecified atom stereocenters. The van der Waals surface area contributed by atoms with Crippen LogP contribution in [0.5, 0.6) is 17.2 Å². The van der Waals surface area contributed by atoms with E-state index in [0.29, 0.717) is 16.3 Å². The molecule has 3 aromatic carbocycles. The number of carbonyl (C=O) groups is 2. The summed E-state index contributed by atoms with van der Waals surface area (Å²) >= 11 is 18.8. The van der Waals surface area contributed by atoms with Crippen LogP contribution >= 0.6 is 34.8 Å². The maximum atomic E-state index is 13.4. The van der Waals surface area contributed by atoms with Crippen LogP contribution in [0.2, 0.25) is 15.1 Å². The van der Waals surface area contributed by atoms with Crippen LogP contribution in [0.4, 0.5) is 0 Å². The molecule has 0 spiro atoms. The summed E-state index contributed by atoms with van der Waals surface area (Å²) in [6.45, 7) is 0.0971. The molecule has 10 heteroatoms. The first kappa shape index (κ1) is 26.7. The minimum atomic E-state index is -0.927. The lowest BCUT2D eigenvalue weighted by atomic mass is 9.94. The Morgan fingerprint density at radius 2 is 1.51 bits per heavy atom. The molecule has 1 saturated heterocycles. The number of aliphatic hydroxyl groups is 1. The molecule has 7 nitrogen and oxygen atoms in total. The number of carbonyl (C=O) groups excluding carboxylic acids is 2. The van der Waals surface area contributed by atoms with Crippen molar-refractivity contribution in [3.05, 3.63) is 91.9 Å². The molecule has 0 bridgehead atoms. The fraction of sp³-hybridized carbons (Fsp3) is 0.185. The monoisotopic (exact) mass is 561 g/mol. The molecule has 37 heavy (non-hydrogen) atoms. The zero-order valence-electron chi connectivity index (χ0n) is 20.1. The predicted octanol–water partition coefficient (Wildman–Crippen LogP) is 6.29. The summed E-state index contributed by atoms with van der Waals surface area (Å²) in [5, 5.41) is 12.0. The molecule has 3 aromatic rings. The summed E-state index contributed by atoms with van der Waals surface area (Å²) in [7, 11) is 4.29. The van der Waals surface area contributed by atoms with E-state index in [1.807, 2.05) is 0 Å². The van der Waals surface area contributed by atoms with Crippen molar-refractivity contribution < 1.29 is 28.9 Å². The molecule has 1 fully saturated rings. The van der Waals surface area contributed by atoms with Crippen molar-refractivity contribution in [2.45, 2.75) is 12.6 Å². The zero-order chi connectivity index (χ0) is 26.9. The smallest absolute Gasteiger partial charge is 0.295 e. The van der Waals surface area contributed by atoms with Crippen LogP contribution in [0.25, 0.3) is 5.76 Å². The minimum absolute atomic E-state index is 0.00885. The van der Waals surface area contributed by atoms with Gasteiger partial charge in [0.25, 0.3) is 11.7 Å².